The lowest BCUT2D eigenvalue weighted by molar-refractivity contribution is 1.55. The smallest absolute Gasteiger partial charge is 0.0636 e. The van der Waals surface area contributed by atoms with Gasteiger partial charge in [0.25, 0.3) is 0 Å². The van der Waals surface area contributed by atoms with Crippen molar-refractivity contribution in [1.82, 2.24) is 0 Å². The van der Waals surface area contributed by atoms with Crippen LogP contribution in [0.5, 0.6) is 0 Å². The highest BCUT2D eigenvalue weighted by atomic mass is 35.5. The monoisotopic (exact) mass is 267 g/mol. The van der Waals surface area contributed by atoms with E-state index in [0.29, 0.717) is 0 Å². The molecule has 0 aliphatic rings. The predicted octanol–water partition coefficient (Wildman–Crippen LogP) is 5.01. The summed E-state index contributed by atoms with van der Waals surface area (Å²) in [5.74, 6) is 0. The molecule has 3 aromatic carbocycles. The summed E-state index contributed by atoms with van der Waals surface area (Å²) < 4.78 is 0. The highest BCUT2D eigenvalue weighted by molar-refractivity contribution is 5.87. The first-order chi connectivity index (χ1) is 8.92. The summed E-state index contributed by atoms with van der Waals surface area (Å²) >= 11 is 0. The van der Waals surface area contributed by atoms with E-state index in [2.05, 4.69) is 35.3 Å². The molecule has 2 heteroatoms. The van der Waals surface area contributed by atoms with Gasteiger partial charge in [-0.1, -0.05) is 60.7 Å². The molecular weight excluding hydrogens is 254 g/mol. The van der Waals surface area contributed by atoms with E-state index >= 15 is 0 Å². The fourth-order valence-electron chi connectivity index (χ4n) is 1.95. The fraction of sp³-hybridized carbons (Fsp3) is 0. The van der Waals surface area contributed by atoms with Gasteiger partial charge in [0, 0.05) is 6.21 Å². The Balaban J connectivity index is 0.00000133. The van der Waals surface area contributed by atoms with Gasteiger partial charge in [-0.25, -0.2) is 0 Å². The Bertz CT molecular complexity index is 690. The molecule has 0 atom stereocenters. The van der Waals surface area contributed by atoms with Crippen molar-refractivity contribution in [2.75, 3.05) is 0 Å². The van der Waals surface area contributed by atoms with Crippen LogP contribution in [0.3, 0.4) is 0 Å². The molecule has 0 fully saturated rings. The van der Waals surface area contributed by atoms with Gasteiger partial charge < -0.3 is 0 Å². The molecule has 94 valence electrons. The molecule has 0 aliphatic heterocycles. The third-order valence-electron chi connectivity index (χ3n) is 2.90. The lowest BCUT2D eigenvalue weighted by Crippen LogP contribution is -1.78. The van der Waals surface area contributed by atoms with Crippen molar-refractivity contribution in [3.8, 4) is 0 Å². The van der Waals surface area contributed by atoms with E-state index < -0.39 is 0 Å². The third kappa shape index (κ3) is 3.21. The summed E-state index contributed by atoms with van der Waals surface area (Å²) in [6.45, 7) is 0. The molecule has 3 aromatic rings. The molecule has 0 spiro atoms. The first-order valence-corrected chi connectivity index (χ1v) is 6.00. The molecule has 19 heavy (non-hydrogen) atoms. The van der Waals surface area contributed by atoms with Crippen LogP contribution >= 0.6 is 12.4 Å². The van der Waals surface area contributed by atoms with Crippen LogP contribution in [0.4, 0.5) is 5.69 Å². The van der Waals surface area contributed by atoms with E-state index in [4.69, 9.17) is 0 Å². The normalized spacial score (nSPS) is 10.5. The molecule has 0 unspecified atom stereocenters. The summed E-state index contributed by atoms with van der Waals surface area (Å²) in [7, 11) is 0. The average Bonchev–Trinajstić information content (AvgIpc) is 2.46. The Kier molecular flexibility index (Phi) is 4.32. The second kappa shape index (κ2) is 6.17. The molecule has 0 bridgehead atoms. The first-order valence-electron chi connectivity index (χ1n) is 6.00. The van der Waals surface area contributed by atoms with Crippen molar-refractivity contribution >= 4 is 35.1 Å². The number of halogens is 1. The molecule has 0 radical (unpaired) electrons. The number of aliphatic imine (C=N–C) groups is 1. The second-order valence-electron chi connectivity index (χ2n) is 4.20. The van der Waals surface area contributed by atoms with Crippen LogP contribution < -0.4 is 0 Å². The fourth-order valence-corrected chi connectivity index (χ4v) is 1.95. The second-order valence-corrected chi connectivity index (χ2v) is 4.20. The van der Waals surface area contributed by atoms with E-state index in [9.17, 15) is 0 Å². The molecular formula is C17H14ClN. The van der Waals surface area contributed by atoms with Gasteiger partial charge in [0.15, 0.2) is 0 Å². The standard InChI is InChI=1S/C17H13N.ClH/c1-2-6-14(7-3-1)13-18-17-11-10-15-8-4-5-9-16(15)12-17;/h1-13H;1H. The summed E-state index contributed by atoms with van der Waals surface area (Å²) in [6.07, 6.45) is 1.89. The Morgan fingerprint density at radius 3 is 2.16 bits per heavy atom. The molecule has 0 heterocycles. The minimum absolute atomic E-state index is 0. The molecule has 3 rings (SSSR count). The summed E-state index contributed by atoms with van der Waals surface area (Å²) in [5, 5.41) is 2.47. The van der Waals surface area contributed by atoms with Gasteiger partial charge in [-0.15, -0.1) is 12.4 Å². The maximum Gasteiger partial charge on any atom is 0.0636 e. The number of nitrogens with zero attached hydrogens (tertiary/aromatic N) is 1. The van der Waals surface area contributed by atoms with Crippen LogP contribution in [0.2, 0.25) is 0 Å². The number of rotatable bonds is 2. The zero-order valence-electron chi connectivity index (χ0n) is 10.4. The minimum Gasteiger partial charge on any atom is -0.256 e. The van der Waals surface area contributed by atoms with Crippen molar-refractivity contribution in [1.29, 1.82) is 0 Å². The predicted molar refractivity (Wildman–Crippen MR) is 84.9 cm³/mol. The lowest BCUT2D eigenvalue weighted by atomic mass is 10.1. The highest BCUT2D eigenvalue weighted by Crippen LogP contribution is 2.20. The maximum atomic E-state index is 4.50. The highest BCUT2D eigenvalue weighted by Gasteiger charge is 1.93. The van der Waals surface area contributed by atoms with E-state index in [1.807, 2.05) is 48.7 Å². The van der Waals surface area contributed by atoms with Crippen molar-refractivity contribution < 1.29 is 0 Å². The van der Waals surface area contributed by atoms with Gasteiger partial charge in [0.2, 0.25) is 0 Å². The van der Waals surface area contributed by atoms with E-state index in [1.54, 1.807) is 0 Å². The molecule has 0 amide bonds. The van der Waals surface area contributed by atoms with Crippen LogP contribution in [0.1, 0.15) is 5.56 Å². The van der Waals surface area contributed by atoms with Gasteiger partial charge in [-0.2, -0.15) is 0 Å². The summed E-state index contributed by atoms with van der Waals surface area (Å²) in [5.41, 5.74) is 2.10. The average molecular weight is 268 g/mol. The van der Waals surface area contributed by atoms with Crippen molar-refractivity contribution in [3.63, 3.8) is 0 Å². The SMILES string of the molecule is C(=Nc1ccc2ccccc2c1)c1ccccc1.Cl. The largest absolute Gasteiger partial charge is 0.256 e. The van der Waals surface area contributed by atoms with Gasteiger partial charge in [-0.05, 0) is 28.5 Å². The Morgan fingerprint density at radius 1 is 0.684 bits per heavy atom. The third-order valence-corrected chi connectivity index (χ3v) is 2.90. The van der Waals surface area contributed by atoms with E-state index in [0.717, 1.165) is 11.3 Å². The first kappa shape index (κ1) is 13.3. The van der Waals surface area contributed by atoms with Gasteiger partial charge in [0.1, 0.15) is 0 Å². The maximum absolute atomic E-state index is 4.50. The number of hydrogen-bond acceptors (Lipinski definition) is 1. The van der Waals surface area contributed by atoms with Gasteiger partial charge in [-0.3, -0.25) is 4.99 Å². The minimum atomic E-state index is 0. The van der Waals surface area contributed by atoms with E-state index in [-0.39, 0.29) is 12.4 Å². The Labute approximate surface area is 119 Å². The zero-order chi connectivity index (χ0) is 12.2. The number of hydrogen-bond donors (Lipinski definition) is 0. The zero-order valence-corrected chi connectivity index (χ0v) is 11.2. The van der Waals surface area contributed by atoms with Gasteiger partial charge in [0.05, 0.1) is 5.69 Å². The van der Waals surface area contributed by atoms with Crippen LogP contribution in [0.15, 0.2) is 77.8 Å². The number of fused-ring (bicyclic) bond motifs is 1. The molecule has 0 aliphatic carbocycles. The van der Waals surface area contributed by atoms with Crippen LogP contribution in [0, 0.1) is 0 Å². The molecule has 0 aromatic heterocycles. The number of benzene rings is 3. The molecule has 1 nitrogen and oxygen atoms in total. The molecule has 0 N–H and O–H groups in total. The van der Waals surface area contributed by atoms with Crippen molar-refractivity contribution in [3.05, 3.63) is 78.4 Å². The van der Waals surface area contributed by atoms with Crippen LogP contribution in [-0.4, -0.2) is 6.21 Å². The van der Waals surface area contributed by atoms with Crippen LogP contribution in [-0.2, 0) is 0 Å². The quantitative estimate of drug-likeness (QED) is 0.579. The Hall–Kier alpha value is -2.12. The summed E-state index contributed by atoms with van der Waals surface area (Å²) in [4.78, 5) is 4.50. The Morgan fingerprint density at radius 2 is 1.37 bits per heavy atom. The molecule has 0 saturated carbocycles. The van der Waals surface area contributed by atoms with Crippen molar-refractivity contribution in [2.45, 2.75) is 0 Å². The summed E-state index contributed by atoms with van der Waals surface area (Å²) in [6, 6.07) is 24.7. The van der Waals surface area contributed by atoms with Crippen LogP contribution in [0.25, 0.3) is 10.8 Å². The molecule has 0 saturated heterocycles. The topological polar surface area (TPSA) is 12.4 Å². The van der Waals surface area contributed by atoms with E-state index in [1.165, 1.54) is 10.8 Å². The van der Waals surface area contributed by atoms with Gasteiger partial charge >= 0.3 is 0 Å². The van der Waals surface area contributed by atoms with Crippen molar-refractivity contribution in [2.24, 2.45) is 4.99 Å². The lowest BCUT2D eigenvalue weighted by Gasteiger charge is -1.98.